The molecule has 56 heteroatoms. The van der Waals surface area contributed by atoms with Gasteiger partial charge in [-0.2, -0.15) is 139 Å². The van der Waals surface area contributed by atoms with Gasteiger partial charge in [0.15, 0.2) is 13.3 Å². The Kier molecular flexibility index (Phi) is 31.1. The van der Waals surface area contributed by atoms with Crippen molar-refractivity contribution in [1.29, 1.82) is 0 Å². The molecule has 20 nitrogen and oxygen atoms in total. The molecule has 0 aliphatic carbocycles. The first-order valence-corrected chi connectivity index (χ1v) is 22.4. The Labute approximate surface area is 491 Å². The predicted molar refractivity (Wildman–Crippen MR) is 184 cm³/mol. The van der Waals surface area contributed by atoms with Gasteiger partial charge in [0, 0.05) is 6.92 Å². The second kappa shape index (κ2) is 29.6. The molecule has 2 heterocycles. The quantitative estimate of drug-likeness (QED) is 0.0530. The van der Waals surface area contributed by atoms with Crippen LogP contribution in [-0.4, -0.2) is 186 Å². The minimum atomic E-state index is -7.10. The summed E-state index contributed by atoms with van der Waals surface area (Å²) >= 11 is -1.50. The summed E-state index contributed by atoms with van der Waals surface area (Å²) in [7, 11) is -13.7. The molecule has 2 rings (SSSR count). The van der Waals surface area contributed by atoms with E-state index in [-0.39, 0.29) is 69.9 Å². The van der Waals surface area contributed by atoms with Crippen LogP contribution in [0.25, 0.3) is 0 Å². The summed E-state index contributed by atoms with van der Waals surface area (Å²) in [5.74, 6) is -41.2. The van der Waals surface area contributed by atoms with E-state index in [0.29, 0.717) is 0 Å². The normalized spacial score (nSPS) is 26.2. The van der Waals surface area contributed by atoms with Crippen molar-refractivity contribution in [2.24, 2.45) is 0 Å². The van der Waals surface area contributed by atoms with Crippen molar-refractivity contribution in [3.05, 3.63) is 0 Å². The molecule has 0 radical (unpaired) electrons. The fourth-order valence-corrected chi connectivity index (χ4v) is 5.21. The Morgan fingerprint density at radius 3 is 1.13 bits per heavy atom. The third kappa shape index (κ3) is 22.4. The van der Waals surface area contributed by atoms with Gasteiger partial charge in [-0.25, -0.2) is 31.8 Å². The topological polar surface area (TPSA) is 263 Å². The standard InChI is InChI=1S/C17H13F19O9S.C11H9F11O7S.FH.K.2O2S/c1-8(4-41-7(37)14(29,16(31,32)33)44-11(23,24)2-10(20,21)22)42-9(19,5-40-6-13(27,28)46(36,38)39)15(30,43-8)17(34,35)45-12(25,26)3-18;1-6(5(13)23)27-7(14,3-26-4-9(17,18)30(22,24)25)10(19,28-6)11(20,21)29-8(15,16)2-12;;;2*1-3-2/h2-6H2,1H3;2-4H2,1H3;1H;;;/q;;;+1;;/p-1. The molecule has 0 N–H and O–H groups in total. The van der Waals surface area contributed by atoms with E-state index in [1.165, 1.54) is 0 Å². The van der Waals surface area contributed by atoms with Crippen LogP contribution in [0.3, 0.4) is 0 Å². The number of rotatable bonds is 25. The molecule has 84 heavy (non-hydrogen) atoms. The zero-order valence-corrected chi connectivity index (χ0v) is 45.6. The molecule has 2 saturated heterocycles. The fraction of sp³-hybridized carbons (Fsp3) is 0.929. The molecule has 496 valence electrons. The average molecular weight is 1430 g/mol. The van der Waals surface area contributed by atoms with E-state index >= 15 is 8.78 Å². The van der Waals surface area contributed by atoms with Gasteiger partial charge in [-0.3, -0.25) is 23.7 Å². The summed E-state index contributed by atoms with van der Waals surface area (Å²) in [6.45, 7) is -20.5. The van der Waals surface area contributed by atoms with Gasteiger partial charge in [-0.15, -0.1) is 0 Å². The van der Waals surface area contributed by atoms with Crippen LogP contribution in [0.15, 0.2) is 0 Å². The van der Waals surface area contributed by atoms with Crippen LogP contribution in [-0.2, 0) is 101 Å². The van der Waals surface area contributed by atoms with Gasteiger partial charge >= 0.3 is 190 Å². The van der Waals surface area contributed by atoms with Crippen LogP contribution in [0, 0.1) is 0 Å². The molecule has 7 unspecified atom stereocenters. The zero-order chi connectivity index (χ0) is 66.3. The summed E-state index contributed by atoms with van der Waals surface area (Å²) in [4.78, 5) is 22.4. The number of carbonyl (C=O) groups is 2. The van der Waals surface area contributed by atoms with Crippen LogP contribution in [0.2, 0.25) is 0 Å². The number of carbonyl (C=O) groups excluding carboxylic acids is 2. The van der Waals surface area contributed by atoms with E-state index in [1.807, 2.05) is 0 Å². The summed E-state index contributed by atoms with van der Waals surface area (Å²) in [5.41, 5.74) is 0. The summed E-state index contributed by atoms with van der Waals surface area (Å²) in [6.07, 6.45) is -47.4. The van der Waals surface area contributed by atoms with Crippen molar-refractivity contribution in [3.63, 3.8) is 0 Å². The SMILES string of the molecule is CC1(C(=O)F)OC(F)(COCC(F)(F)S(=O)(=O)F)C(F)(C(F)(F)OC(F)(F)CF)O1.CC1(COC(=O)C(F)(OC(F)(F)CC(F)(F)F)C(F)(F)F)OC(F)(COCC(F)(F)S(=O)(=O)F)C(F)(C(F)(F)OC(F)(F)CF)O1.O=S=O.O=S=O.[F-].[K+]. The predicted octanol–water partition coefficient (Wildman–Crippen LogP) is 0.820. The second-order valence-corrected chi connectivity index (χ2v) is 17.9. The maximum absolute atomic E-state index is 15.4. The first-order valence-electron chi connectivity index (χ1n) is 18.3. The van der Waals surface area contributed by atoms with Crippen molar-refractivity contribution in [3.8, 4) is 0 Å². The Balaban J connectivity index is -0.000000726. The molecule has 2 fully saturated rings. The first-order chi connectivity index (χ1) is 35.8. The minimum absolute atomic E-state index is 0. The van der Waals surface area contributed by atoms with E-state index in [9.17, 15) is 148 Å². The van der Waals surface area contributed by atoms with Crippen molar-refractivity contribution < 1.29 is 277 Å². The Bertz CT molecular complexity index is 2500. The smallest absolute Gasteiger partial charge is 1.00 e. The minimum Gasteiger partial charge on any atom is -1.00 e. The Hall–Kier alpha value is -2.21. The third-order valence-electron chi connectivity index (χ3n) is 7.98. The maximum atomic E-state index is 15.4. The van der Waals surface area contributed by atoms with Gasteiger partial charge in [-0.05, 0) is 6.92 Å². The monoisotopic (exact) mass is 1430 g/mol. The van der Waals surface area contributed by atoms with Gasteiger partial charge in [-0.1, -0.05) is 7.77 Å². The number of halogens is 31. The molecule has 0 aromatic carbocycles. The molecule has 0 amide bonds. The van der Waals surface area contributed by atoms with Gasteiger partial charge in [0.1, 0.15) is 39.5 Å². The Morgan fingerprint density at radius 2 is 0.845 bits per heavy atom. The van der Waals surface area contributed by atoms with Crippen LogP contribution in [0.4, 0.5) is 131 Å². The third-order valence-corrected chi connectivity index (χ3v) is 9.64. The molecule has 0 saturated carbocycles. The van der Waals surface area contributed by atoms with E-state index < -0.39 is 203 Å². The molecule has 0 aromatic rings. The van der Waals surface area contributed by atoms with Crippen LogP contribution >= 0.6 is 0 Å². The molecular formula is C28H22F31KO20S4. The van der Waals surface area contributed by atoms with Crippen molar-refractivity contribution in [2.75, 3.05) is 46.4 Å². The molecule has 0 spiro atoms. The van der Waals surface area contributed by atoms with E-state index in [0.717, 1.165) is 0 Å². The number of hydrogen-bond donors (Lipinski definition) is 0. The van der Waals surface area contributed by atoms with Crippen molar-refractivity contribution >= 4 is 55.6 Å². The van der Waals surface area contributed by atoms with Gasteiger partial charge in [0.2, 0.25) is 5.79 Å². The van der Waals surface area contributed by atoms with Crippen LogP contribution in [0.1, 0.15) is 20.3 Å². The molecule has 2 aliphatic rings. The number of alkyl halides is 27. The second-order valence-electron chi connectivity index (χ2n) is 14.7. The van der Waals surface area contributed by atoms with Crippen LogP contribution < -0.4 is 56.1 Å². The zero-order valence-electron chi connectivity index (χ0n) is 39.2. The largest absolute Gasteiger partial charge is 1.00 e. The average Bonchev–Trinajstić information content (AvgIpc) is 3.59. The van der Waals surface area contributed by atoms with Crippen molar-refractivity contribution in [1.82, 2.24) is 0 Å². The number of esters is 1. The van der Waals surface area contributed by atoms with Crippen molar-refractivity contribution in [2.45, 2.75) is 115 Å². The molecule has 2 aliphatic heterocycles. The van der Waals surface area contributed by atoms with E-state index in [4.69, 9.17) is 16.8 Å². The molecule has 7 atom stereocenters. The first kappa shape index (κ1) is 88.2. The van der Waals surface area contributed by atoms with Gasteiger partial charge in [0.05, 0.1) is 0 Å². The van der Waals surface area contributed by atoms with E-state index in [2.05, 4.69) is 47.4 Å². The van der Waals surface area contributed by atoms with Gasteiger partial charge in [0.25, 0.3) is 5.79 Å². The number of ether oxygens (including phenoxy) is 10. The summed E-state index contributed by atoms with van der Waals surface area (Å²) < 4.78 is 506. The van der Waals surface area contributed by atoms with Gasteiger partial charge < -0.3 is 23.7 Å². The van der Waals surface area contributed by atoms with Crippen LogP contribution in [0.5, 0.6) is 0 Å². The number of hydrogen-bond acceptors (Lipinski definition) is 20. The summed E-state index contributed by atoms with van der Waals surface area (Å²) in [6, 6.07) is -3.05. The Morgan fingerprint density at radius 1 is 0.524 bits per heavy atom. The fourth-order valence-electron chi connectivity index (χ4n) is 4.76. The molecule has 0 bridgehead atoms. The maximum Gasteiger partial charge on any atom is 1.00 e. The summed E-state index contributed by atoms with van der Waals surface area (Å²) in [5, 5.41) is -11.1. The molecular weight excluding hydrogens is 1410 g/mol. The van der Waals surface area contributed by atoms with E-state index in [1.54, 1.807) is 0 Å². The molecule has 0 aromatic heterocycles.